The van der Waals surface area contributed by atoms with E-state index in [2.05, 4.69) is 10.2 Å². The number of nitrogens with zero attached hydrogens (tertiary/aromatic N) is 1. The van der Waals surface area contributed by atoms with E-state index >= 15 is 0 Å². The molecule has 1 aromatic rings. The minimum atomic E-state index is 0.375. The van der Waals surface area contributed by atoms with Crippen molar-refractivity contribution in [2.24, 2.45) is 0 Å². The van der Waals surface area contributed by atoms with Gasteiger partial charge in [0.05, 0.1) is 5.02 Å². The lowest BCUT2D eigenvalue weighted by Gasteiger charge is -2.49. The van der Waals surface area contributed by atoms with E-state index in [1.807, 2.05) is 24.3 Å². The molecular weight excluding hydrogens is 284 g/mol. The molecule has 1 spiro atoms. The molecule has 21 heavy (non-hydrogen) atoms. The number of nitrogens with one attached hydrogen (secondary N) is 1. The Morgan fingerprint density at radius 1 is 1.19 bits per heavy atom. The average molecular weight is 309 g/mol. The van der Waals surface area contributed by atoms with Gasteiger partial charge in [0.1, 0.15) is 12.4 Å². The van der Waals surface area contributed by atoms with Crippen molar-refractivity contribution in [3.05, 3.63) is 29.3 Å². The van der Waals surface area contributed by atoms with Crippen LogP contribution >= 0.6 is 11.6 Å². The van der Waals surface area contributed by atoms with Gasteiger partial charge in [0.25, 0.3) is 0 Å². The van der Waals surface area contributed by atoms with Crippen LogP contribution in [0.15, 0.2) is 24.3 Å². The molecule has 2 fully saturated rings. The van der Waals surface area contributed by atoms with Crippen LogP contribution < -0.4 is 10.1 Å². The Balaban J connectivity index is 1.57. The van der Waals surface area contributed by atoms with Gasteiger partial charge < -0.3 is 10.1 Å². The maximum Gasteiger partial charge on any atom is 0.137 e. The zero-order chi connectivity index (χ0) is 14.5. The van der Waals surface area contributed by atoms with Crippen molar-refractivity contribution in [2.45, 2.75) is 37.6 Å². The number of para-hydroxylation sites is 1. The predicted octanol–water partition coefficient (Wildman–Crippen LogP) is 3.33. The van der Waals surface area contributed by atoms with Crippen molar-refractivity contribution in [2.75, 3.05) is 32.8 Å². The van der Waals surface area contributed by atoms with Crippen LogP contribution in [0.25, 0.3) is 0 Å². The number of rotatable bonds is 4. The van der Waals surface area contributed by atoms with Crippen LogP contribution in [0.5, 0.6) is 5.75 Å². The second-order valence-corrected chi connectivity index (χ2v) is 6.63. The van der Waals surface area contributed by atoms with Gasteiger partial charge in [-0.1, -0.05) is 43.0 Å². The molecule has 0 amide bonds. The van der Waals surface area contributed by atoms with Crippen LogP contribution in [0, 0.1) is 0 Å². The molecule has 1 heterocycles. The molecule has 1 aliphatic carbocycles. The highest BCUT2D eigenvalue weighted by molar-refractivity contribution is 6.32. The Morgan fingerprint density at radius 2 is 2.00 bits per heavy atom. The van der Waals surface area contributed by atoms with E-state index in [0.717, 1.165) is 31.9 Å². The fourth-order valence-corrected chi connectivity index (χ4v) is 3.95. The van der Waals surface area contributed by atoms with Crippen LogP contribution in [0.4, 0.5) is 0 Å². The van der Waals surface area contributed by atoms with Crippen LogP contribution in [0.2, 0.25) is 5.02 Å². The van der Waals surface area contributed by atoms with Crippen LogP contribution in [0.1, 0.15) is 32.1 Å². The maximum absolute atomic E-state index is 6.14. The van der Waals surface area contributed by atoms with E-state index in [1.54, 1.807) is 0 Å². The third kappa shape index (κ3) is 3.53. The highest BCUT2D eigenvalue weighted by Crippen LogP contribution is 2.34. The van der Waals surface area contributed by atoms with Crippen molar-refractivity contribution in [3.8, 4) is 5.75 Å². The summed E-state index contributed by atoms with van der Waals surface area (Å²) in [7, 11) is 0. The summed E-state index contributed by atoms with van der Waals surface area (Å²) >= 11 is 6.14. The highest BCUT2D eigenvalue weighted by Gasteiger charge is 2.39. The molecular formula is C17H25ClN2O. The first kappa shape index (κ1) is 15.1. The number of ether oxygens (including phenoxy) is 1. The molecule has 3 rings (SSSR count). The van der Waals surface area contributed by atoms with Crippen molar-refractivity contribution >= 4 is 11.6 Å². The second kappa shape index (κ2) is 6.99. The zero-order valence-electron chi connectivity index (χ0n) is 12.6. The molecule has 0 aromatic heterocycles. The Hall–Kier alpha value is -0.770. The lowest BCUT2D eigenvalue weighted by atomic mass is 9.79. The van der Waals surface area contributed by atoms with Crippen LogP contribution in [0.3, 0.4) is 0 Å². The molecule has 116 valence electrons. The highest BCUT2D eigenvalue weighted by atomic mass is 35.5. The summed E-state index contributed by atoms with van der Waals surface area (Å²) in [6.45, 7) is 5.07. The Bertz CT molecular complexity index is 452. The van der Waals surface area contributed by atoms with Gasteiger partial charge in [0, 0.05) is 31.7 Å². The summed E-state index contributed by atoms with van der Waals surface area (Å²) in [4.78, 5) is 2.65. The Labute approximate surface area is 132 Å². The summed E-state index contributed by atoms with van der Waals surface area (Å²) in [5, 5.41) is 4.29. The number of hydrogen-bond acceptors (Lipinski definition) is 3. The maximum atomic E-state index is 6.14. The second-order valence-electron chi connectivity index (χ2n) is 6.23. The summed E-state index contributed by atoms with van der Waals surface area (Å²) in [5.74, 6) is 0.798. The van der Waals surface area contributed by atoms with E-state index < -0.39 is 0 Å². The molecule has 3 nitrogen and oxygen atoms in total. The van der Waals surface area contributed by atoms with Crippen LogP contribution in [-0.4, -0.2) is 43.2 Å². The van der Waals surface area contributed by atoms with E-state index in [-0.39, 0.29) is 0 Å². The molecule has 1 aromatic carbocycles. The first-order chi connectivity index (χ1) is 10.3. The van der Waals surface area contributed by atoms with Gasteiger partial charge in [-0.2, -0.15) is 0 Å². The van der Waals surface area contributed by atoms with Gasteiger partial charge in [-0.25, -0.2) is 0 Å². The van der Waals surface area contributed by atoms with Crippen LogP contribution in [-0.2, 0) is 0 Å². The monoisotopic (exact) mass is 308 g/mol. The molecule has 1 saturated heterocycles. The van der Waals surface area contributed by atoms with Crippen molar-refractivity contribution < 1.29 is 4.74 Å². The van der Waals surface area contributed by atoms with E-state index in [1.165, 1.54) is 32.1 Å². The number of piperazine rings is 1. The lowest BCUT2D eigenvalue weighted by molar-refractivity contribution is 0.0183. The molecule has 1 saturated carbocycles. The largest absolute Gasteiger partial charge is 0.491 e. The van der Waals surface area contributed by atoms with Gasteiger partial charge in [-0.15, -0.1) is 0 Å². The molecule has 4 heteroatoms. The van der Waals surface area contributed by atoms with Gasteiger partial charge in [0.15, 0.2) is 0 Å². The Morgan fingerprint density at radius 3 is 2.81 bits per heavy atom. The number of benzene rings is 1. The van der Waals surface area contributed by atoms with Crippen molar-refractivity contribution in [1.82, 2.24) is 10.2 Å². The van der Waals surface area contributed by atoms with E-state index in [9.17, 15) is 0 Å². The molecule has 2 aliphatic rings. The van der Waals surface area contributed by atoms with Gasteiger partial charge in [0.2, 0.25) is 0 Å². The molecule has 0 bridgehead atoms. The fraction of sp³-hybridized carbons (Fsp3) is 0.647. The third-order valence-corrected chi connectivity index (χ3v) is 5.24. The molecule has 1 N–H and O–H groups in total. The number of halogens is 1. The van der Waals surface area contributed by atoms with Gasteiger partial charge >= 0.3 is 0 Å². The number of hydrogen-bond donors (Lipinski definition) is 1. The minimum absolute atomic E-state index is 0.375. The summed E-state index contributed by atoms with van der Waals surface area (Å²) < 4.78 is 5.88. The lowest BCUT2D eigenvalue weighted by Crippen LogP contribution is -2.62. The third-order valence-electron chi connectivity index (χ3n) is 4.92. The molecule has 0 atom stereocenters. The first-order valence-electron chi connectivity index (χ1n) is 8.13. The summed E-state index contributed by atoms with van der Waals surface area (Å²) in [6, 6.07) is 7.72. The minimum Gasteiger partial charge on any atom is -0.491 e. The van der Waals surface area contributed by atoms with Gasteiger partial charge in [-0.05, 0) is 25.0 Å². The first-order valence-corrected chi connectivity index (χ1v) is 8.51. The molecule has 0 unspecified atom stereocenters. The Kier molecular flexibility index (Phi) is 5.04. The summed E-state index contributed by atoms with van der Waals surface area (Å²) in [6.07, 6.45) is 6.77. The fourth-order valence-electron chi connectivity index (χ4n) is 3.76. The van der Waals surface area contributed by atoms with Crippen molar-refractivity contribution in [3.63, 3.8) is 0 Å². The predicted molar refractivity (Wildman–Crippen MR) is 87.2 cm³/mol. The molecule has 0 radical (unpaired) electrons. The quantitative estimate of drug-likeness (QED) is 0.923. The zero-order valence-corrected chi connectivity index (χ0v) is 13.4. The molecule has 1 aliphatic heterocycles. The average Bonchev–Trinajstić information content (AvgIpc) is 2.52. The normalized spacial score (nSPS) is 22.3. The van der Waals surface area contributed by atoms with Crippen molar-refractivity contribution in [1.29, 1.82) is 0 Å². The van der Waals surface area contributed by atoms with E-state index in [4.69, 9.17) is 16.3 Å². The standard InChI is InChI=1S/C17H25ClN2O/c18-15-6-2-3-7-16(15)21-13-12-20-11-10-19-14-17(20)8-4-1-5-9-17/h2-3,6-7,19H,1,4-5,8-14H2. The van der Waals surface area contributed by atoms with E-state index in [0.29, 0.717) is 17.2 Å². The van der Waals surface area contributed by atoms with Gasteiger partial charge in [-0.3, -0.25) is 4.90 Å². The summed E-state index contributed by atoms with van der Waals surface area (Å²) in [5.41, 5.74) is 0.375. The topological polar surface area (TPSA) is 24.5 Å². The smallest absolute Gasteiger partial charge is 0.137 e. The SMILES string of the molecule is Clc1ccccc1OCCN1CCNCC12CCCCC2.